The van der Waals surface area contributed by atoms with Crippen LogP contribution in [-0.2, 0) is 6.18 Å². The lowest BCUT2D eigenvalue weighted by Crippen LogP contribution is -2.31. The van der Waals surface area contributed by atoms with Gasteiger partial charge in [-0.05, 0) is 35.9 Å². The summed E-state index contributed by atoms with van der Waals surface area (Å²) in [6.45, 7) is 0. The molecule has 0 unspecified atom stereocenters. The maximum absolute atomic E-state index is 12.7. The molecule has 1 aliphatic rings. The van der Waals surface area contributed by atoms with Gasteiger partial charge in [0.15, 0.2) is 0 Å². The van der Waals surface area contributed by atoms with Gasteiger partial charge in [0.05, 0.1) is 5.56 Å². The topological polar surface area (TPSA) is 40.5 Å². The molecule has 16 heavy (non-hydrogen) atoms. The molecule has 1 aliphatic carbocycles. The largest absolute Gasteiger partial charge is 0.488 e. The van der Waals surface area contributed by atoms with Gasteiger partial charge in [-0.15, -0.1) is 0 Å². The summed E-state index contributed by atoms with van der Waals surface area (Å²) in [7, 11) is -1.87. The van der Waals surface area contributed by atoms with Crippen LogP contribution >= 0.6 is 0 Å². The van der Waals surface area contributed by atoms with Crippen molar-refractivity contribution in [1.82, 2.24) is 0 Å². The Hall–Kier alpha value is -1.01. The van der Waals surface area contributed by atoms with Crippen molar-refractivity contribution >= 4 is 12.6 Å². The normalized spacial score (nSPS) is 16.3. The predicted molar refractivity (Wildman–Crippen MR) is 53.2 cm³/mol. The first-order valence-corrected chi connectivity index (χ1v) is 4.97. The minimum absolute atomic E-state index is 0.0264. The first kappa shape index (κ1) is 11.5. The van der Waals surface area contributed by atoms with Gasteiger partial charge in [-0.1, -0.05) is 12.1 Å². The van der Waals surface area contributed by atoms with E-state index < -0.39 is 18.9 Å². The molecule has 86 valence electrons. The van der Waals surface area contributed by atoms with Gasteiger partial charge < -0.3 is 10.0 Å². The third kappa shape index (κ3) is 2.22. The predicted octanol–water partition coefficient (Wildman–Crippen LogP) is 1.26. The molecular weight excluding hydrogens is 220 g/mol. The Morgan fingerprint density at radius 1 is 1.19 bits per heavy atom. The van der Waals surface area contributed by atoms with Crippen molar-refractivity contribution in [3.05, 3.63) is 29.3 Å². The van der Waals surface area contributed by atoms with Crippen molar-refractivity contribution in [3.8, 4) is 0 Å². The third-order valence-corrected chi connectivity index (χ3v) is 2.70. The molecule has 0 amide bonds. The van der Waals surface area contributed by atoms with E-state index in [0.717, 1.165) is 18.9 Å². The molecular formula is C10H10BF3O2. The number of rotatable bonds is 2. The standard InChI is InChI=1S/C10H10BF3O2/c12-10(13,14)9-5-7(11(15)16)3-4-8(9)6-1-2-6/h3-6,15-16H,1-2H2. The van der Waals surface area contributed by atoms with Crippen LogP contribution in [0.4, 0.5) is 13.2 Å². The Labute approximate surface area is 90.9 Å². The maximum Gasteiger partial charge on any atom is 0.488 e. The van der Waals surface area contributed by atoms with Crippen LogP contribution in [0.1, 0.15) is 29.9 Å². The van der Waals surface area contributed by atoms with Crippen LogP contribution in [0.3, 0.4) is 0 Å². The lowest BCUT2D eigenvalue weighted by atomic mass is 9.78. The first-order chi connectivity index (χ1) is 7.39. The number of halogens is 3. The van der Waals surface area contributed by atoms with E-state index in [1.807, 2.05) is 0 Å². The van der Waals surface area contributed by atoms with Gasteiger partial charge in [0.25, 0.3) is 0 Å². The van der Waals surface area contributed by atoms with E-state index in [4.69, 9.17) is 10.0 Å². The highest BCUT2D eigenvalue weighted by molar-refractivity contribution is 6.58. The summed E-state index contributed by atoms with van der Waals surface area (Å²) in [6, 6.07) is 3.49. The molecule has 1 fully saturated rings. The fourth-order valence-electron chi connectivity index (χ4n) is 1.73. The molecule has 0 saturated heterocycles. The molecule has 0 aromatic heterocycles. The second-order valence-electron chi connectivity index (χ2n) is 3.99. The molecule has 0 bridgehead atoms. The summed E-state index contributed by atoms with van der Waals surface area (Å²) in [5.74, 6) is -0.0264. The van der Waals surface area contributed by atoms with E-state index in [1.54, 1.807) is 0 Å². The molecule has 0 atom stereocenters. The van der Waals surface area contributed by atoms with E-state index in [9.17, 15) is 13.2 Å². The average molecular weight is 230 g/mol. The molecule has 0 radical (unpaired) electrons. The second-order valence-corrected chi connectivity index (χ2v) is 3.99. The van der Waals surface area contributed by atoms with Crippen LogP contribution in [0.25, 0.3) is 0 Å². The van der Waals surface area contributed by atoms with Gasteiger partial charge in [0.2, 0.25) is 0 Å². The highest BCUT2D eigenvalue weighted by atomic mass is 19.4. The maximum atomic E-state index is 12.7. The molecule has 1 aromatic rings. The summed E-state index contributed by atoms with van der Waals surface area (Å²) >= 11 is 0. The quantitative estimate of drug-likeness (QED) is 0.751. The van der Waals surface area contributed by atoms with Gasteiger partial charge in [-0.3, -0.25) is 0 Å². The van der Waals surface area contributed by atoms with Crippen molar-refractivity contribution in [3.63, 3.8) is 0 Å². The van der Waals surface area contributed by atoms with E-state index in [-0.39, 0.29) is 16.9 Å². The lowest BCUT2D eigenvalue weighted by Gasteiger charge is -2.13. The van der Waals surface area contributed by atoms with Crippen molar-refractivity contribution < 1.29 is 23.2 Å². The van der Waals surface area contributed by atoms with Crippen molar-refractivity contribution in [2.24, 2.45) is 0 Å². The Morgan fingerprint density at radius 3 is 2.25 bits per heavy atom. The lowest BCUT2D eigenvalue weighted by molar-refractivity contribution is -0.138. The van der Waals surface area contributed by atoms with E-state index in [2.05, 4.69) is 0 Å². The van der Waals surface area contributed by atoms with Crippen molar-refractivity contribution in [1.29, 1.82) is 0 Å². The van der Waals surface area contributed by atoms with E-state index >= 15 is 0 Å². The second kappa shape index (κ2) is 3.78. The van der Waals surface area contributed by atoms with Crippen LogP contribution in [0.15, 0.2) is 18.2 Å². The van der Waals surface area contributed by atoms with Gasteiger partial charge in [0.1, 0.15) is 0 Å². The van der Waals surface area contributed by atoms with Crippen molar-refractivity contribution in [2.75, 3.05) is 0 Å². The highest BCUT2D eigenvalue weighted by Gasteiger charge is 2.38. The smallest absolute Gasteiger partial charge is 0.423 e. The molecule has 1 aromatic carbocycles. The highest BCUT2D eigenvalue weighted by Crippen LogP contribution is 2.45. The number of hydrogen-bond donors (Lipinski definition) is 2. The van der Waals surface area contributed by atoms with Crippen LogP contribution in [0, 0.1) is 0 Å². The van der Waals surface area contributed by atoms with Crippen molar-refractivity contribution in [2.45, 2.75) is 24.9 Å². The Bertz CT molecular complexity index is 400. The molecule has 0 spiro atoms. The fourth-order valence-corrected chi connectivity index (χ4v) is 1.73. The molecule has 2 N–H and O–H groups in total. The number of alkyl halides is 3. The minimum atomic E-state index is -4.44. The summed E-state index contributed by atoms with van der Waals surface area (Å²) in [5, 5.41) is 17.7. The molecule has 0 aliphatic heterocycles. The zero-order valence-electron chi connectivity index (χ0n) is 8.33. The monoisotopic (exact) mass is 230 g/mol. The van der Waals surface area contributed by atoms with E-state index in [0.29, 0.717) is 0 Å². The Balaban J connectivity index is 2.47. The zero-order valence-corrected chi connectivity index (χ0v) is 8.33. The average Bonchev–Trinajstić information content (AvgIpc) is 2.98. The van der Waals surface area contributed by atoms with Crippen LogP contribution in [0.5, 0.6) is 0 Å². The third-order valence-electron chi connectivity index (χ3n) is 2.70. The van der Waals surface area contributed by atoms with E-state index in [1.165, 1.54) is 12.1 Å². The fraction of sp³-hybridized carbons (Fsp3) is 0.400. The van der Waals surface area contributed by atoms with Gasteiger partial charge in [-0.25, -0.2) is 0 Å². The SMILES string of the molecule is OB(O)c1ccc(C2CC2)c(C(F)(F)F)c1. The van der Waals surface area contributed by atoms with Gasteiger partial charge in [-0.2, -0.15) is 13.2 Å². The Morgan fingerprint density at radius 2 is 1.81 bits per heavy atom. The van der Waals surface area contributed by atoms with Gasteiger partial charge >= 0.3 is 13.3 Å². The van der Waals surface area contributed by atoms with Gasteiger partial charge in [0, 0.05) is 0 Å². The zero-order chi connectivity index (χ0) is 11.9. The molecule has 0 heterocycles. The Kier molecular flexibility index (Phi) is 2.71. The summed E-state index contributed by atoms with van der Waals surface area (Å²) in [6.07, 6.45) is -2.91. The molecule has 2 nitrogen and oxygen atoms in total. The first-order valence-electron chi connectivity index (χ1n) is 4.97. The van der Waals surface area contributed by atoms with Crippen LogP contribution in [-0.4, -0.2) is 17.2 Å². The van der Waals surface area contributed by atoms with Crippen LogP contribution < -0.4 is 5.46 Å². The molecule has 1 saturated carbocycles. The molecule has 2 rings (SSSR count). The molecule has 6 heteroatoms. The summed E-state index contributed by atoms with van der Waals surface area (Å²) in [5.41, 5.74) is -0.616. The number of benzene rings is 1. The van der Waals surface area contributed by atoms with Crippen LogP contribution in [0.2, 0.25) is 0 Å². The summed E-state index contributed by atoms with van der Waals surface area (Å²) in [4.78, 5) is 0. The number of hydrogen-bond acceptors (Lipinski definition) is 2. The summed E-state index contributed by atoms with van der Waals surface area (Å²) < 4.78 is 38.1. The minimum Gasteiger partial charge on any atom is -0.423 e.